The second-order valence-electron chi connectivity index (χ2n) is 4.65. The summed E-state index contributed by atoms with van der Waals surface area (Å²) < 4.78 is 5.17. The molecule has 0 amide bonds. The predicted octanol–water partition coefficient (Wildman–Crippen LogP) is 5.36. The Balaban J connectivity index is 2.19. The third kappa shape index (κ3) is 3.51. The normalized spacial score (nSPS) is 10.5. The van der Waals surface area contributed by atoms with Crippen molar-refractivity contribution in [3.05, 3.63) is 53.1 Å². The molecule has 0 unspecified atom stereocenters. The van der Waals surface area contributed by atoms with Crippen LogP contribution in [0.2, 0.25) is 5.02 Å². The number of ether oxygens (including phenoxy) is 1. The third-order valence-electron chi connectivity index (χ3n) is 3.26. The number of hydrogen-bond acceptors (Lipinski definition) is 1. The summed E-state index contributed by atoms with van der Waals surface area (Å²) in [6.07, 6.45) is 3.63. The summed E-state index contributed by atoms with van der Waals surface area (Å²) in [7, 11) is 1.63. The molecule has 0 saturated heterocycles. The summed E-state index contributed by atoms with van der Waals surface area (Å²) in [6.45, 7) is 2.22. The molecule has 0 aliphatic rings. The van der Waals surface area contributed by atoms with Crippen LogP contribution in [0, 0.1) is 0 Å². The van der Waals surface area contributed by atoms with E-state index in [-0.39, 0.29) is 0 Å². The Morgan fingerprint density at radius 3 is 2.26 bits per heavy atom. The maximum atomic E-state index is 6.15. The predicted molar refractivity (Wildman–Crippen MR) is 82.1 cm³/mol. The summed E-state index contributed by atoms with van der Waals surface area (Å²) in [4.78, 5) is 0. The fourth-order valence-corrected chi connectivity index (χ4v) is 2.35. The monoisotopic (exact) mass is 274 g/mol. The van der Waals surface area contributed by atoms with Gasteiger partial charge in [0, 0.05) is 0 Å². The van der Waals surface area contributed by atoms with E-state index >= 15 is 0 Å². The van der Waals surface area contributed by atoms with Crippen molar-refractivity contribution in [2.24, 2.45) is 0 Å². The zero-order chi connectivity index (χ0) is 13.7. The standard InChI is InChI=1S/C17H19ClO/c1-3-4-5-13-6-8-14(9-7-13)15-10-11-17(19-2)16(18)12-15/h6-12H,3-5H2,1-2H3. The van der Waals surface area contributed by atoms with E-state index in [0.717, 1.165) is 12.0 Å². The molecule has 0 atom stereocenters. The van der Waals surface area contributed by atoms with Crippen molar-refractivity contribution in [2.75, 3.05) is 7.11 Å². The molecule has 0 aliphatic heterocycles. The Morgan fingerprint density at radius 1 is 1.00 bits per heavy atom. The van der Waals surface area contributed by atoms with Gasteiger partial charge >= 0.3 is 0 Å². The summed E-state index contributed by atoms with van der Waals surface area (Å²) >= 11 is 6.15. The van der Waals surface area contributed by atoms with Crippen LogP contribution in [0.25, 0.3) is 11.1 Å². The van der Waals surface area contributed by atoms with Crippen molar-refractivity contribution < 1.29 is 4.74 Å². The van der Waals surface area contributed by atoms with E-state index in [4.69, 9.17) is 16.3 Å². The van der Waals surface area contributed by atoms with Gasteiger partial charge in [0.2, 0.25) is 0 Å². The van der Waals surface area contributed by atoms with Gasteiger partial charge in [-0.2, -0.15) is 0 Å². The van der Waals surface area contributed by atoms with Crippen LogP contribution in [-0.2, 0) is 6.42 Å². The number of methoxy groups -OCH3 is 1. The zero-order valence-corrected chi connectivity index (χ0v) is 12.2. The first-order valence-electron chi connectivity index (χ1n) is 6.67. The van der Waals surface area contributed by atoms with Crippen molar-refractivity contribution >= 4 is 11.6 Å². The fraction of sp³-hybridized carbons (Fsp3) is 0.294. The molecule has 2 aromatic rings. The molecule has 0 fully saturated rings. The van der Waals surface area contributed by atoms with Crippen molar-refractivity contribution in [3.63, 3.8) is 0 Å². The van der Waals surface area contributed by atoms with Crippen LogP contribution in [0.5, 0.6) is 5.75 Å². The highest BCUT2D eigenvalue weighted by atomic mass is 35.5. The molecule has 2 aromatic carbocycles. The van der Waals surface area contributed by atoms with Crippen LogP contribution in [0.4, 0.5) is 0 Å². The molecule has 0 aromatic heterocycles. The van der Waals surface area contributed by atoms with Gasteiger partial charge in [0.1, 0.15) is 5.75 Å². The lowest BCUT2D eigenvalue weighted by molar-refractivity contribution is 0.415. The smallest absolute Gasteiger partial charge is 0.137 e. The molecule has 0 saturated carbocycles. The average molecular weight is 275 g/mol. The molecule has 0 heterocycles. The Labute approximate surface area is 120 Å². The lowest BCUT2D eigenvalue weighted by Gasteiger charge is -2.07. The first-order valence-corrected chi connectivity index (χ1v) is 7.05. The maximum absolute atomic E-state index is 6.15. The SMILES string of the molecule is CCCCc1ccc(-c2ccc(OC)c(Cl)c2)cc1. The minimum atomic E-state index is 0.648. The second kappa shape index (κ2) is 6.63. The molecule has 1 nitrogen and oxygen atoms in total. The van der Waals surface area contributed by atoms with Gasteiger partial charge in [-0.05, 0) is 41.7 Å². The lowest BCUT2D eigenvalue weighted by Crippen LogP contribution is -1.87. The van der Waals surface area contributed by atoms with Gasteiger partial charge < -0.3 is 4.74 Å². The largest absolute Gasteiger partial charge is 0.495 e. The van der Waals surface area contributed by atoms with E-state index in [1.54, 1.807) is 7.11 Å². The van der Waals surface area contributed by atoms with E-state index in [0.29, 0.717) is 10.8 Å². The lowest BCUT2D eigenvalue weighted by atomic mass is 10.0. The molecule has 0 radical (unpaired) electrons. The summed E-state index contributed by atoms with van der Waals surface area (Å²) in [6, 6.07) is 14.6. The number of hydrogen-bond donors (Lipinski definition) is 0. The average Bonchev–Trinajstić information content (AvgIpc) is 2.45. The molecular weight excluding hydrogens is 256 g/mol. The molecule has 0 spiro atoms. The second-order valence-corrected chi connectivity index (χ2v) is 5.06. The Morgan fingerprint density at radius 2 is 1.68 bits per heavy atom. The van der Waals surface area contributed by atoms with E-state index in [1.807, 2.05) is 18.2 Å². The molecule has 2 heteroatoms. The highest BCUT2D eigenvalue weighted by Gasteiger charge is 2.04. The molecule has 100 valence electrons. The minimum Gasteiger partial charge on any atom is -0.495 e. The van der Waals surface area contributed by atoms with Crippen molar-refractivity contribution in [1.29, 1.82) is 0 Å². The molecule has 19 heavy (non-hydrogen) atoms. The maximum Gasteiger partial charge on any atom is 0.137 e. The van der Waals surface area contributed by atoms with Gasteiger partial charge in [-0.25, -0.2) is 0 Å². The summed E-state index contributed by atoms with van der Waals surface area (Å²) in [5.74, 6) is 0.713. The molecular formula is C17H19ClO. The van der Waals surface area contributed by atoms with Crippen molar-refractivity contribution in [3.8, 4) is 16.9 Å². The highest BCUT2D eigenvalue weighted by Crippen LogP contribution is 2.30. The number of unbranched alkanes of at least 4 members (excludes halogenated alkanes) is 1. The first kappa shape index (κ1) is 14.0. The van der Waals surface area contributed by atoms with Crippen LogP contribution in [-0.4, -0.2) is 7.11 Å². The van der Waals surface area contributed by atoms with Crippen LogP contribution in [0.3, 0.4) is 0 Å². The molecule has 2 rings (SSSR count). The van der Waals surface area contributed by atoms with Gasteiger partial charge in [-0.15, -0.1) is 0 Å². The van der Waals surface area contributed by atoms with E-state index < -0.39 is 0 Å². The van der Waals surface area contributed by atoms with Crippen molar-refractivity contribution in [1.82, 2.24) is 0 Å². The van der Waals surface area contributed by atoms with E-state index in [2.05, 4.69) is 31.2 Å². The van der Waals surface area contributed by atoms with Gasteiger partial charge in [-0.1, -0.05) is 55.3 Å². The van der Waals surface area contributed by atoms with Crippen LogP contribution < -0.4 is 4.74 Å². The molecule has 0 N–H and O–H groups in total. The highest BCUT2D eigenvalue weighted by molar-refractivity contribution is 6.32. The topological polar surface area (TPSA) is 9.23 Å². The van der Waals surface area contributed by atoms with E-state index in [1.165, 1.54) is 24.0 Å². The Hall–Kier alpha value is -1.47. The van der Waals surface area contributed by atoms with Gasteiger partial charge in [-0.3, -0.25) is 0 Å². The molecule has 0 bridgehead atoms. The Kier molecular flexibility index (Phi) is 4.86. The van der Waals surface area contributed by atoms with Gasteiger partial charge in [0.15, 0.2) is 0 Å². The summed E-state index contributed by atoms with van der Waals surface area (Å²) in [5.41, 5.74) is 3.70. The zero-order valence-electron chi connectivity index (χ0n) is 11.4. The summed E-state index contributed by atoms with van der Waals surface area (Å²) in [5, 5.41) is 0.648. The van der Waals surface area contributed by atoms with Crippen molar-refractivity contribution in [2.45, 2.75) is 26.2 Å². The van der Waals surface area contributed by atoms with Crippen LogP contribution in [0.15, 0.2) is 42.5 Å². The Bertz CT molecular complexity index is 531. The molecule has 0 aliphatic carbocycles. The quantitative estimate of drug-likeness (QED) is 0.713. The number of benzene rings is 2. The minimum absolute atomic E-state index is 0.648. The van der Waals surface area contributed by atoms with Crippen LogP contribution in [0.1, 0.15) is 25.3 Å². The van der Waals surface area contributed by atoms with Crippen LogP contribution >= 0.6 is 11.6 Å². The number of aryl methyl sites for hydroxylation is 1. The number of halogens is 1. The van der Waals surface area contributed by atoms with E-state index in [9.17, 15) is 0 Å². The third-order valence-corrected chi connectivity index (χ3v) is 3.55. The van der Waals surface area contributed by atoms with Gasteiger partial charge in [0.25, 0.3) is 0 Å². The first-order chi connectivity index (χ1) is 9.24. The number of rotatable bonds is 5. The fourth-order valence-electron chi connectivity index (χ4n) is 2.09. The van der Waals surface area contributed by atoms with Gasteiger partial charge in [0.05, 0.1) is 12.1 Å².